The zero-order valence-corrected chi connectivity index (χ0v) is 16.2. The molecule has 0 bridgehead atoms. The maximum Gasteiger partial charge on any atom is 0.212 e. The van der Waals surface area contributed by atoms with Crippen LogP contribution in [-0.4, -0.2) is 17.2 Å². The highest BCUT2D eigenvalue weighted by Gasteiger charge is 2.11. The molecule has 0 aliphatic heterocycles. The number of aliphatic hydroxyl groups excluding tert-OH is 1. The summed E-state index contributed by atoms with van der Waals surface area (Å²) in [6.45, 7) is 5.65. The summed E-state index contributed by atoms with van der Waals surface area (Å²) in [5.74, 6) is 0.819. The number of nitriles is 1. The second-order valence-electron chi connectivity index (χ2n) is 5.80. The topological polar surface area (TPSA) is 66.1 Å². The third-order valence-corrected chi connectivity index (χ3v) is 4.07. The number of benzene rings is 1. The van der Waals surface area contributed by atoms with Gasteiger partial charge in [-0.1, -0.05) is 12.1 Å². The van der Waals surface area contributed by atoms with E-state index in [0.29, 0.717) is 17.9 Å². The maximum atomic E-state index is 9.72. The van der Waals surface area contributed by atoms with Crippen molar-refractivity contribution in [2.45, 2.75) is 27.2 Å². The van der Waals surface area contributed by atoms with Crippen LogP contribution < -0.4 is 4.74 Å². The van der Waals surface area contributed by atoms with E-state index in [1.54, 1.807) is 32.4 Å². The fraction of sp³-hybridized carbons (Fsp3) is 0.217. The maximum absolute atomic E-state index is 9.72. The number of aromatic nitrogens is 1. The quantitative estimate of drug-likeness (QED) is 0.456. The number of methoxy groups -OCH3 is 1. The van der Waals surface area contributed by atoms with Gasteiger partial charge in [-0.25, -0.2) is 4.98 Å². The van der Waals surface area contributed by atoms with Gasteiger partial charge in [-0.15, -0.1) is 12.8 Å². The van der Waals surface area contributed by atoms with Crippen LogP contribution in [0, 0.1) is 31.1 Å². The first kappa shape index (κ1) is 21.5. The van der Waals surface area contributed by atoms with Gasteiger partial charge in [0.2, 0.25) is 5.88 Å². The molecular formula is C23H24N2O2. The van der Waals surface area contributed by atoms with E-state index < -0.39 is 0 Å². The van der Waals surface area contributed by atoms with Crippen LogP contribution in [0.25, 0.3) is 11.1 Å². The molecule has 0 radical (unpaired) electrons. The van der Waals surface area contributed by atoms with Crippen molar-refractivity contribution >= 4 is 0 Å². The Morgan fingerprint density at radius 1 is 1.33 bits per heavy atom. The molecule has 0 unspecified atom stereocenters. The summed E-state index contributed by atoms with van der Waals surface area (Å²) in [6, 6.07) is 9.94. The van der Waals surface area contributed by atoms with Crippen LogP contribution in [0.3, 0.4) is 0 Å². The molecule has 0 fully saturated rings. The lowest BCUT2D eigenvalue weighted by Gasteiger charge is -2.11. The monoisotopic (exact) mass is 360 g/mol. The van der Waals surface area contributed by atoms with Gasteiger partial charge in [0, 0.05) is 23.4 Å². The highest BCUT2D eigenvalue weighted by molar-refractivity contribution is 5.74. The molecule has 0 saturated heterocycles. The van der Waals surface area contributed by atoms with Gasteiger partial charge >= 0.3 is 0 Å². The minimum atomic E-state index is 0.276. The zero-order chi connectivity index (χ0) is 20.4. The molecule has 1 aromatic carbocycles. The van der Waals surface area contributed by atoms with Crippen molar-refractivity contribution in [3.8, 4) is 35.9 Å². The third-order valence-electron chi connectivity index (χ3n) is 4.07. The minimum absolute atomic E-state index is 0.276. The minimum Gasteiger partial charge on any atom is -0.508 e. The Morgan fingerprint density at radius 2 is 2.04 bits per heavy atom. The normalized spacial score (nSPS) is 11.1. The highest BCUT2D eigenvalue weighted by Crippen LogP contribution is 2.29. The molecule has 0 atom stereocenters. The second kappa shape index (κ2) is 10.5. The predicted molar refractivity (Wildman–Crippen MR) is 109 cm³/mol. The summed E-state index contributed by atoms with van der Waals surface area (Å²) in [7, 11) is 1.57. The lowest BCUT2D eigenvalue weighted by molar-refractivity contribution is 0.398. The molecule has 1 heterocycles. The summed E-state index contributed by atoms with van der Waals surface area (Å²) >= 11 is 0. The van der Waals surface area contributed by atoms with Crippen LogP contribution in [-0.2, 0) is 6.42 Å². The van der Waals surface area contributed by atoms with Crippen molar-refractivity contribution in [2.75, 3.05) is 7.11 Å². The van der Waals surface area contributed by atoms with Crippen molar-refractivity contribution in [2.24, 2.45) is 0 Å². The molecular weight excluding hydrogens is 336 g/mol. The van der Waals surface area contributed by atoms with Gasteiger partial charge in [-0.05, 0) is 62.1 Å². The summed E-state index contributed by atoms with van der Waals surface area (Å²) in [6.07, 6.45) is 14.0. The molecule has 1 aromatic heterocycles. The number of ether oxygens (including phenoxy) is 1. The Kier molecular flexibility index (Phi) is 8.36. The number of hydrogen-bond acceptors (Lipinski definition) is 4. The van der Waals surface area contributed by atoms with E-state index >= 15 is 0 Å². The van der Waals surface area contributed by atoms with E-state index in [-0.39, 0.29) is 5.76 Å². The van der Waals surface area contributed by atoms with Gasteiger partial charge in [0.05, 0.1) is 18.7 Å². The number of terminal acetylenes is 1. The molecule has 0 spiro atoms. The number of rotatable bonds is 5. The number of pyridine rings is 1. The molecule has 4 nitrogen and oxygen atoms in total. The van der Waals surface area contributed by atoms with Gasteiger partial charge in [-0.2, -0.15) is 5.26 Å². The molecule has 2 aromatic rings. The average molecular weight is 360 g/mol. The van der Waals surface area contributed by atoms with Crippen LogP contribution in [0.1, 0.15) is 30.5 Å². The third kappa shape index (κ3) is 5.49. The van der Waals surface area contributed by atoms with E-state index in [1.807, 2.05) is 32.1 Å². The molecule has 0 aliphatic rings. The molecule has 4 heteroatoms. The molecule has 0 amide bonds. The van der Waals surface area contributed by atoms with E-state index in [2.05, 4.69) is 30.0 Å². The summed E-state index contributed by atoms with van der Waals surface area (Å²) in [4.78, 5) is 4.23. The van der Waals surface area contributed by atoms with Crippen molar-refractivity contribution < 1.29 is 9.84 Å². The molecule has 2 rings (SSSR count). The Bertz CT molecular complexity index is 898. The predicted octanol–water partition coefficient (Wildman–Crippen LogP) is 5.14. The highest BCUT2D eigenvalue weighted by atomic mass is 16.5. The van der Waals surface area contributed by atoms with Crippen LogP contribution in [0.5, 0.6) is 5.88 Å². The number of aryl methyl sites for hydroxylation is 1. The number of nitrogens with zero attached hydrogens (tertiary/aromatic N) is 2. The Balaban J connectivity index is 0.00000176. The standard InChI is InChI=1S/C21H22N2O2.C2H2/c1-5-19(24)14(2)6-7-16-10-15(3)21(18(11-16)12-22)17-8-9-20(25-4)23-13-17;1-2/h5-6,8-11,13,24H,7H2,1-4H3;1-2H/b14-6-,19-5+;. The van der Waals surface area contributed by atoms with E-state index in [9.17, 15) is 10.4 Å². The summed E-state index contributed by atoms with van der Waals surface area (Å²) < 4.78 is 5.09. The first-order chi connectivity index (χ1) is 13.0. The lowest BCUT2D eigenvalue weighted by Crippen LogP contribution is -1.95. The SMILES string of the molecule is C#C.C/C=C(O)\C(C)=C/Cc1cc(C)c(-c2ccc(OC)nc2)c(C#N)c1. The van der Waals surface area contributed by atoms with E-state index in [4.69, 9.17) is 4.74 Å². The second-order valence-corrected chi connectivity index (χ2v) is 5.80. The lowest BCUT2D eigenvalue weighted by atomic mass is 9.93. The van der Waals surface area contributed by atoms with Gasteiger partial charge in [0.1, 0.15) is 5.76 Å². The van der Waals surface area contributed by atoms with Gasteiger partial charge in [0.15, 0.2) is 0 Å². The Hall–Kier alpha value is -3.50. The first-order valence-electron chi connectivity index (χ1n) is 8.40. The smallest absolute Gasteiger partial charge is 0.212 e. The van der Waals surface area contributed by atoms with Crippen LogP contribution >= 0.6 is 0 Å². The van der Waals surface area contributed by atoms with Gasteiger partial charge < -0.3 is 9.84 Å². The van der Waals surface area contributed by atoms with Crippen LogP contribution in [0.4, 0.5) is 0 Å². The van der Waals surface area contributed by atoms with Crippen LogP contribution in [0.15, 0.2) is 53.9 Å². The first-order valence-corrected chi connectivity index (χ1v) is 8.40. The molecule has 138 valence electrons. The summed E-state index contributed by atoms with van der Waals surface area (Å²) in [5.41, 5.74) is 5.26. The van der Waals surface area contributed by atoms with Crippen molar-refractivity contribution in [1.82, 2.24) is 4.98 Å². The fourth-order valence-corrected chi connectivity index (χ4v) is 2.70. The fourth-order valence-electron chi connectivity index (χ4n) is 2.70. The molecule has 27 heavy (non-hydrogen) atoms. The number of hydrogen-bond donors (Lipinski definition) is 1. The zero-order valence-electron chi connectivity index (χ0n) is 16.2. The van der Waals surface area contributed by atoms with E-state index in [1.165, 1.54) is 0 Å². The van der Waals surface area contributed by atoms with Crippen LogP contribution in [0.2, 0.25) is 0 Å². The summed E-state index contributed by atoms with van der Waals surface area (Å²) in [5, 5.41) is 19.3. The molecule has 1 N–H and O–H groups in total. The largest absolute Gasteiger partial charge is 0.508 e. The van der Waals surface area contributed by atoms with Crippen molar-refractivity contribution in [3.63, 3.8) is 0 Å². The molecule has 0 saturated carbocycles. The average Bonchev–Trinajstić information content (AvgIpc) is 2.72. The van der Waals surface area contributed by atoms with Gasteiger partial charge in [-0.3, -0.25) is 0 Å². The Labute approximate surface area is 161 Å². The molecule has 0 aliphatic carbocycles. The Morgan fingerprint density at radius 3 is 2.56 bits per heavy atom. The van der Waals surface area contributed by atoms with E-state index in [0.717, 1.165) is 27.8 Å². The van der Waals surface area contributed by atoms with Crippen molar-refractivity contribution in [1.29, 1.82) is 5.26 Å². The van der Waals surface area contributed by atoms with Crippen molar-refractivity contribution in [3.05, 3.63) is 70.6 Å². The van der Waals surface area contributed by atoms with Gasteiger partial charge in [0.25, 0.3) is 0 Å². The number of aliphatic hydroxyl groups is 1. The number of allylic oxidation sites excluding steroid dienone is 3.